The van der Waals surface area contributed by atoms with Gasteiger partial charge in [-0.15, -0.1) is 14.6 Å². The number of rotatable bonds is 1. The highest BCUT2D eigenvalue weighted by Gasteiger charge is 1.89. The molecule has 1 aromatic heterocycles. The lowest BCUT2D eigenvalue weighted by atomic mass is 11.3. The van der Waals surface area contributed by atoms with E-state index in [2.05, 4.69) is 14.6 Å². The van der Waals surface area contributed by atoms with Crippen LogP contribution in [0.2, 0.25) is 0 Å². The van der Waals surface area contributed by atoms with Crippen molar-refractivity contribution in [2.24, 2.45) is 4.36 Å². The minimum absolute atomic E-state index is 0.156. The standard InChI is InChI=1S/C2HN3O2S2/c6-9(7)5-2-4-3-1-8-2/h1H. The summed E-state index contributed by atoms with van der Waals surface area (Å²) in [6.07, 6.45) is 0. The molecule has 0 saturated carbocycles. The van der Waals surface area contributed by atoms with Gasteiger partial charge in [0.1, 0.15) is 5.51 Å². The smallest absolute Gasteiger partial charge is 0.163 e. The predicted octanol–water partition coefficient (Wildman–Crippen LogP) is 0.232. The minimum Gasteiger partial charge on any atom is -0.163 e. The van der Waals surface area contributed by atoms with Crippen molar-refractivity contribution in [3.8, 4) is 0 Å². The van der Waals surface area contributed by atoms with E-state index in [9.17, 15) is 8.42 Å². The van der Waals surface area contributed by atoms with Crippen LogP contribution in [0.4, 0.5) is 5.13 Å². The van der Waals surface area contributed by atoms with Crippen LogP contribution in [0.5, 0.6) is 0 Å². The Morgan fingerprint density at radius 2 is 2.44 bits per heavy atom. The third-order valence-corrected chi connectivity index (χ3v) is 1.52. The fraction of sp³-hybridized carbons (Fsp3) is 0. The van der Waals surface area contributed by atoms with Gasteiger partial charge in [-0.05, 0) is 0 Å². The topological polar surface area (TPSA) is 72.3 Å². The van der Waals surface area contributed by atoms with E-state index in [0.717, 1.165) is 11.3 Å². The molecule has 0 fully saturated rings. The van der Waals surface area contributed by atoms with Crippen LogP contribution in [0, 0.1) is 0 Å². The summed E-state index contributed by atoms with van der Waals surface area (Å²) >= 11 is 1.07. The number of aromatic nitrogens is 2. The summed E-state index contributed by atoms with van der Waals surface area (Å²) in [5.74, 6) is 0. The molecule has 7 heteroatoms. The average Bonchev–Trinajstić information content (AvgIpc) is 2.15. The Balaban J connectivity index is 3.07. The van der Waals surface area contributed by atoms with Gasteiger partial charge >= 0.3 is 10.5 Å². The summed E-state index contributed by atoms with van der Waals surface area (Å²) in [4.78, 5) is 0. The second-order valence-corrected chi connectivity index (χ2v) is 2.46. The van der Waals surface area contributed by atoms with Crippen LogP contribution in [-0.2, 0) is 10.5 Å². The maximum Gasteiger partial charge on any atom is 0.318 e. The Kier molecular flexibility index (Phi) is 1.85. The first-order valence-corrected chi connectivity index (χ1v) is 3.77. The van der Waals surface area contributed by atoms with Crippen LogP contribution in [0.15, 0.2) is 9.87 Å². The van der Waals surface area contributed by atoms with Gasteiger partial charge in [-0.3, -0.25) is 0 Å². The first-order chi connectivity index (χ1) is 4.29. The molecule has 5 nitrogen and oxygen atoms in total. The van der Waals surface area contributed by atoms with Crippen molar-refractivity contribution in [2.45, 2.75) is 0 Å². The molecule has 0 atom stereocenters. The second-order valence-electron chi connectivity index (χ2n) is 1.03. The van der Waals surface area contributed by atoms with Crippen molar-refractivity contribution in [3.63, 3.8) is 0 Å². The molecule has 0 aliphatic heterocycles. The van der Waals surface area contributed by atoms with Gasteiger partial charge in [0.05, 0.1) is 0 Å². The van der Waals surface area contributed by atoms with E-state index in [1.54, 1.807) is 0 Å². The Hall–Kier alpha value is -0.820. The molecule has 0 aliphatic rings. The molecule has 0 N–H and O–H groups in total. The van der Waals surface area contributed by atoms with E-state index in [0.29, 0.717) is 0 Å². The molecular formula is C2HN3O2S2. The molecule has 0 bridgehead atoms. The fourth-order valence-electron chi connectivity index (χ4n) is 0.271. The average molecular weight is 163 g/mol. The Labute approximate surface area is 56.1 Å². The predicted molar refractivity (Wildman–Crippen MR) is 30.9 cm³/mol. The summed E-state index contributed by atoms with van der Waals surface area (Å²) in [5.41, 5.74) is 1.41. The van der Waals surface area contributed by atoms with Crippen LogP contribution in [0.25, 0.3) is 0 Å². The largest absolute Gasteiger partial charge is 0.318 e. The molecular weight excluding hydrogens is 162 g/mol. The van der Waals surface area contributed by atoms with Gasteiger partial charge in [0, 0.05) is 0 Å². The third-order valence-electron chi connectivity index (χ3n) is 0.501. The molecule has 0 amide bonds. The molecule has 9 heavy (non-hydrogen) atoms. The molecule has 0 aromatic carbocycles. The van der Waals surface area contributed by atoms with Crippen molar-refractivity contribution in [2.75, 3.05) is 0 Å². The summed E-state index contributed by atoms with van der Waals surface area (Å²) in [6, 6.07) is 0. The van der Waals surface area contributed by atoms with Gasteiger partial charge in [-0.1, -0.05) is 11.3 Å². The minimum atomic E-state index is -2.41. The van der Waals surface area contributed by atoms with E-state index < -0.39 is 10.5 Å². The first-order valence-electron chi connectivity index (χ1n) is 1.86. The molecule has 0 spiro atoms. The molecule has 0 aliphatic carbocycles. The van der Waals surface area contributed by atoms with E-state index in [1.165, 1.54) is 5.51 Å². The second kappa shape index (κ2) is 2.65. The van der Waals surface area contributed by atoms with Crippen LogP contribution in [0.3, 0.4) is 0 Å². The summed E-state index contributed by atoms with van der Waals surface area (Å²) in [5, 5.41) is 6.90. The molecule has 48 valence electrons. The molecule has 0 saturated heterocycles. The van der Waals surface area contributed by atoms with Crippen molar-refractivity contribution >= 4 is 27.0 Å². The fourth-order valence-corrected chi connectivity index (χ4v) is 1.07. The molecule has 1 aromatic rings. The van der Waals surface area contributed by atoms with E-state index in [1.807, 2.05) is 0 Å². The Morgan fingerprint density at radius 1 is 1.67 bits per heavy atom. The zero-order valence-electron chi connectivity index (χ0n) is 4.05. The zero-order chi connectivity index (χ0) is 6.69. The lowest BCUT2D eigenvalue weighted by molar-refractivity contribution is 0.622. The van der Waals surface area contributed by atoms with E-state index in [4.69, 9.17) is 0 Å². The normalized spacial score (nSPS) is 8.89. The monoisotopic (exact) mass is 163 g/mol. The quantitative estimate of drug-likeness (QED) is 0.594. The lowest BCUT2D eigenvalue weighted by Gasteiger charge is -1.65. The highest BCUT2D eigenvalue weighted by atomic mass is 32.2. The number of hydrogen-bond acceptors (Lipinski definition) is 6. The van der Waals surface area contributed by atoms with Gasteiger partial charge in [-0.2, -0.15) is 8.42 Å². The van der Waals surface area contributed by atoms with Gasteiger partial charge in [0.15, 0.2) is 0 Å². The number of hydrogen-bond donors (Lipinski definition) is 0. The summed E-state index contributed by atoms with van der Waals surface area (Å²) in [7, 11) is -2.41. The molecule has 0 radical (unpaired) electrons. The highest BCUT2D eigenvalue weighted by molar-refractivity contribution is 7.62. The van der Waals surface area contributed by atoms with Crippen molar-refractivity contribution in [3.05, 3.63) is 5.51 Å². The zero-order valence-corrected chi connectivity index (χ0v) is 5.68. The maximum absolute atomic E-state index is 9.84. The van der Waals surface area contributed by atoms with Crippen LogP contribution >= 0.6 is 11.3 Å². The van der Waals surface area contributed by atoms with Crippen molar-refractivity contribution < 1.29 is 8.42 Å². The van der Waals surface area contributed by atoms with Gasteiger partial charge in [0.2, 0.25) is 5.13 Å². The van der Waals surface area contributed by atoms with Gasteiger partial charge in [0.25, 0.3) is 0 Å². The third kappa shape index (κ3) is 1.86. The maximum atomic E-state index is 9.84. The van der Waals surface area contributed by atoms with Crippen LogP contribution < -0.4 is 0 Å². The van der Waals surface area contributed by atoms with E-state index in [-0.39, 0.29) is 5.13 Å². The summed E-state index contributed by atoms with van der Waals surface area (Å²) < 4.78 is 22.8. The van der Waals surface area contributed by atoms with Crippen molar-refractivity contribution in [1.82, 2.24) is 10.2 Å². The van der Waals surface area contributed by atoms with Gasteiger partial charge < -0.3 is 0 Å². The van der Waals surface area contributed by atoms with Crippen LogP contribution in [-0.4, -0.2) is 18.6 Å². The molecule has 1 rings (SSSR count). The molecule has 0 unspecified atom stereocenters. The highest BCUT2D eigenvalue weighted by Crippen LogP contribution is 2.10. The van der Waals surface area contributed by atoms with Crippen molar-refractivity contribution in [1.29, 1.82) is 0 Å². The Bertz CT molecular complexity index is 291. The first kappa shape index (κ1) is 6.30. The van der Waals surface area contributed by atoms with Gasteiger partial charge in [-0.25, -0.2) is 0 Å². The van der Waals surface area contributed by atoms with Crippen LogP contribution in [0.1, 0.15) is 0 Å². The Morgan fingerprint density at radius 3 is 2.89 bits per heavy atom. The summed E-state index contributed by atoms with van der Waals surface area (Å²) in [6.45, 7) is 0. The van der Waals surface area contributed by atoms with E-state index >= 15 is 0 Å². The number of nitrogens with zero attached hydrogens (tertiary/aromatic N) is 3. The molecule has 1 heterocycles. The SMILES string of the molecule is O=S(=O)=Nc1nncs1. The lowest BCUT2D eigenvalue weighted by Crippen LogP contribution is -1.62.